The predicted octanol–water partition coefficient (Wildman–Crippen LogP) is 0.852. The maximum atomic E-state index is 4.59. The number of ether oxygens (including phenoxy) is 1. The first-order chi connectivity index (χ1) is 2.77. The van der Waals surface area contributed by atoms with Gasteiger partial charge in [0, 0.05) is 4.38 Å². The third-order valence-electron chi connectivity index (χ3n) is 0.262. The Labute approximate surface area is 69.7 Å². The number of hydrogen-bond donors (Lipinski definition) is 0. The van der Waals surface area contributed by atoms with Gasteiger partial charge in [-0.25, -0.2) is 0 Å². The standard InChI is InChI=1S/C3H6OS2.Au/c1-2-4-3(5)6;/h2H2,1H3,(H,5,6);/q;+1/p-1. The van der Waals surface area contributed by atoms with E-state index in [2.05, 4.69) is 29.6 Å². The smallest absolute Gasteiger partial charge is 0.514 e. The Hall–Kier alpha value is 0.850. The van der Waals surface area contributed by atoms with E-state index in [0.717, 1.165) is 0 Å². The summed E-state index contributed by atoms with van der Waals surface area (Å²) in [7, 11) is 0. The molecule has 0 aromatic rings. The van der Waals surface area contributed by atoms with Crippen molar-refractivity contribution in [3.8, 4) is 0 Å². The topological polar surface area (TPSA) is 9.23 Å². The molecule has 0 atom stereocenters. The molecule has 0 fully saturated rings. The quantitative estimate of drug-likeness (QED) is 0.403. The van der Waals surface area contributed by atoms with Gasteiger partial charge in [0.15, 0.2) is 0 Å². The number of thiocarbonyl (C=S) groups is 1. The van der Waals surface area contributed by atoms with Crippen LogP contribution in [0.3, 0.4) is 0 Å². The van der Waals surface area contributed by atoms with Gasteiger partial charge in [-0.1, -0.05) is 0 Å². The van der Waals surface area contributed by atoms with Crippen LogP contribution in [0.25, 0.3) is 0 Å². The molecule has 0 N–H and O–H groups in total. The van der Waals surface area contributed by atoms with Crippen molar-refractivity contribution in [1.29, 1.82) is 0 Å². The molecule has 0 rings (SSSR count). The van der Waals surface area contributed by atoms with Crippen LogP contribution in [-0.4, -0.2) is 11.0 Å². The maximum absolute atomic E-state index is 4.59. The zero-order valence-corrected chi connectivity index (χ0v) is 7.53. The van der Waals surface area contributed by atoms with E-state index < -0.39 is 0 Å². The second-order valence-corrected chi connectivity index (χ2v) is 1.68. The SMILES string of the molecule is CCOC(=S)[S-].[Au+]. The number of rotatable bonds is 1. The van der Waals surface area contributed by atoms with Gasteiger partial charge in [-0.3, -0.25) is 0 Å². The average Bonchev–Trinajstić information content (AvgIpc) is 1.35. The molecule has 4 heteroatoms. The molecule has 0 saturated carbocycles. The Balaban J connectivity index is 0. The van der Waals surface area contributed by atoms with Crippen molar-refractivity contribution in [2.45, 2.75) is 6.92 Å². The maximum Gasteiger partial charge on any atom is 1.00 e. The van der Waals surface area contributed by atoms with Crippen LogP contribution >= 0.6 is 12.2 Å². The summed E-state index contributed by atoms with van der Waals surface area (Å²) in [5, 5.41) is 0. The van der Waals surface area contributed by atoms with Gasteiger partial charge < -0.3 is 29.6 Å². The Morgan fingerprint density at radius 1 is 1.86 bits per heavy atom. The van der Waals surface area contributed by atoms with E-state index in [1.54, 1.807) is 0 Å². The normalized spacial score (nSPS) is 6.43. The molecule has 0 radical (unpaired) electrons. The van der Waals surface area contributed by atoms with E-state index >= 15 is 0 Å². The molecule has 0 saturated heterocycles. The van der Waals surface area contributed by atoms with Gasteiger partial charge in [0.1, 0.15) is 0 Å². The van der Waals surface area contributed by atoms with Crippen LogP contribution in [0, 0.1) is 0 Å². The molecule has 0 aromatic carbocycles. The van der Waals surface area contributed by atoms with Crippen molar-refractivity contribution >= 4 is 29.2 Å². The summed E-state index contributed by atoms with van der Waals surface area (Å²) in [4.78, 5) is 0. The van der Waals surface area contributed by atoms with Gasteiger partial charge in [-0.15, -0.1) is 0 Å². The van der Waals surface area contributed by atoms with Crippen molar-refractivity contribution in [3.05, 3.63) is 0 Å². The van der Waals surface area contributed by atoms with E-state index in [1.807, 2.05) is 6.92 Å². The molecule has 0 aliphatic carbocycles. The fourth-order valence-electron chi connectivity index (χ4n) is 0.118. The average molecular weight is 318 g/mol. The summed E-state index contributed by atoms with van der Waals surface area (Å²) >= 11 is 8.77. The van der Waals surface area contributed by atoms with Crippen molar-refractivity contribution in [2.24, 2.45) is 0 Å². The molecular formula is C3H5AuOS2. The van der Waals surface area contributed by atoms with Gasteiger partial charge >= 0.3 is 22.4 Å². The fourth-order valence-corrected chi connectivity index (χ4v) is 0.354. The first-order valence-electron chi connectivity index (χ1n) is 1.61. The zero-order valence-electron chi connectivity index (χ0n) is 3.73. The van der Waals surface area contributed by atoms with E-state index in [0.29, 0.717) is 6.61 Å². The first kappa shape index (κ1) is 10.8. The van der Waals surface area contributed by atoms with Gasteiger partial charge in [0.25, 0.3) is 0 Å². The molecule has 0 heterocycles. The summed E-state index contributed by atoms with van der Waals surface area (Å²) in [6, 6.07) is 0. The van der Waals surface area contributed by atoms with Crippen LogP contribution in [0.1, 0.15) is 6.92 Å². The van der Waals surface area contributed by atoms with Gasteiger partial charge in [0.2, 0.25) is 0 Å². The van der Waals surface area contributed by atoms with E-state index in [9.17, 15) is 0 Å². The predicted molar refractivity (Wildman–Crippen MR) is 31.6 cm³/mol. The van der Waals surface area contributed by atoms with E-state index in [4.69, 9.17) is 0 Å². The third kappa shape index (κ3) is 10.9. The molecule has 0 amide bonds. The summed E-state index contributed by atoms with van der Waals surface area (Å²) in [5.74, 6) is 0. The Morgan fingerprint density at radius 3 is 2.29 bits per heavy atom. The van der Waals surface area contributed by atoms with Gasteiger partial charge in [-0.2, -0.15) is 0 Å². The molecule has 0 bridgehead atoms. The van der Waals surface area contributed by atoms with Crippen LogP contribution in [0.15, 0.2) is 0 Å². The summed E-state index contributed by atoms with van der Waals surface area (Å²) in [6.07, 6.45) is 0. The van der Waals surface area contributed by atoms with Crippen molar-refractivity contribution in [2.75, 3.05) is 6.61 Å². The Kier molecular flexibility index (Phi) is 10.5. The molecule has 0 aromatic heterocycles. The second-order valence-electron chi connectivity index (χ2n) is 0.683. The molecular weight excluding hydrogens is 313 g/mol. The molecule has 0 aliphatic heterocycles. The minimum absolute atomic E-state index is 0. The Bertz CT molecular complexity index is 56.9. The molecule has 7 heavy (non-hydrogen) atoms. The minimum Gasteiger partial charge on any atom is -0.514 e. The van der Waals surface area contributed by atoms with Crippen molar-refractivity contribution < 1.29 is 27.1 Å². The summed E-state index contributed by atoms with van der Waals surface area (Å²) < 4.78 is 4.79. The Morgan fingerprint density at radius 2 is 2.29 bits per heavy atom. The fraction of sp³-hybridized carbons (Fsp3) is 0.667. The number of hydrogen-bond acceptors (Lipinski definition) is 3. The second kappa shape index (κ2) is 6.85. The van der Waals surface area contributed by atoms with Crippen molar-refractivity contribution in [1.82, 2.24) is 0 Å². The third-order valence-corrected chi connectivity index (χ3v) is 0.498. The summed E-state index contributed by atoms with van der Waals surface area (Å²) in [5.41, 5.74) is 0. The van der Waals surface area contributed by atoms with E-state index in [1.165, 1.54) is 0 Å². The largest absolute Gasteiger partial charge is 1.00 e. The van der Waals surface area contributed by atoms with Crippen LogP contribution in [0.4, 0.5) is 0 Å². The summed E-state index contributed by atoms with van der Waals surface area (Å²) in [6.45, 7) is 2.43. The van der Waals surface area contributed by atoms with Crippen molar-refractivity contribution in [3.63, 3.8) is 0 Å². The van der Waals surface area contributed by atoms with Crippen LogP contribution in [-0.2, 0) is 39.7 Å². The van der Waals surface area contributed by atoms with Crippen LogP contribution < -0.4 is 0 Å². The van der Waals surface area contributed by atoms with Crippen LogP contribution in [0.2, 0.25) is 0 Å². The molecule has 46 valence electrons. The van der Waals surface area contributed by atoms with Gasteiger partial charge in [-0.05, 0) is 6.92 Å². The minimum atomic E-state index is 0. The van der Waals surface area contributed by atoms with Gasteiger partial charge in [0.05, 0.1) is 6.61 Å². The molecule has 0 unspecified atom stereocenters. The molecule has 1 nitrogen and oxygen atoms in total. The molecule has 0 aliphatic rings. The molecule has 0 spiro atoms. The first-order valence-corrected chi connectivity index (χ1v) is 2.42. The zero-order chi connectivity index (χ0) is 4.99. The van der Waals surface area contributed by atoms with E-state index in [-0.39, 0.29) is 26.8 Å². The monoisotopic (exact) mass is 318 g/mol. The van der Waals surface area contributed by atoms with Crippen LogP contribution in [0.5, 0.6) is 0 Å².